The molecule has 0 atom stereocenters. The number of ether oxygens (including phenoxy) is 2. The van der Waals surface area contributed by atoms with Crippen molar-refractivity contribution in [3.8, 4) is 11.5 Å². The number of para-hydroxylation sites is 1. The Kier molecular flexibility index (Phi) is 7.68. The van der Waals surface area contributed by atoms with E-state index in [2.05, 4.69) is 10.3 Å². The zero-order valence-corrected chi connectivity index (χ0v) is 15.4. The van der Waals surface area contributed by atoms with Crippen molar-refractivity contribution in [2.24, 2.45) is 0 Å². The van der Waals surface area contributed by atoms with E-state index >= 15 is 0 Å². The first-order chi connectivity index (χ1) is 10.3. The number of aryl methyl sites for hydroxylation is 1. The molecule has 1 aromatic heterocycles. The number of nitrogens with zero attached hydrogens (tertiary/aromatic N) is 1. The number of hydrogen-bond donors (Lipinski definition) is 1. The summed E-state index contributed by atoms with van der Waals surface area (Å²) in [5, 5.41) is 5.62. The third-order valence-corrected chi connectivity index (χ3v) is 4.45. The standard InChI is InChI=1S/C16H18N2O2S.2ClH/c1-19-13-7-3-5-11(15(13)20-2)8-9-14-18-12-6-4-10-17-16(12)21-14;;/h3,5,7-9,17H,4,6,10H2,1-2H3;2*1H. The molecule has 1 aliphatic rings. The van der Waals surface area contributed by atoms with Gasteiger partial charge < -0.3 is 14.8 Å². The molecule has 7 heteroatoms. The fourth-order valence-corrected chi connectivity index (χ4v) is 3.35. The zero-order valence-electron chi connectivity index (χ0n) is 13.0. The van der Waals surface area contributed by atoms with Gasteiger partial charge in [-0.15, -0.1) is 24.8 Å². The minimum atomic E-state index is 0. The summed E-state index contributed by atoms with van der Waals surface area (Å²) >= 11 is 1.70. The van der Waals surface area contributed by atoms with E-state index in [0.717, 1.165) is 41.5 Å². The minimum absolute atomic E-state index is 0. The predicted molar refractivity (Wildman–Crippen MR) is 102 cm³/mol. The molecule has 1 aliphatic heterocycles. The van der Waals surface area contributed by atoms with Gasteiger partial charge in [0.15, 0.2) is 11.5 Å². The normalized spacial score (nSPS) is 12.6. The van der Waals surface area contributed by atoms with Gasteiger partial charge >= 0.3 is 0 Å². The van der Waals surface area contributed by atoms with E-state index in [1.54, 1.807) is 25.6 Å². The van der Waals surface area contributed by atoms with Crippen LogP contribution in [0.15, 0.2) is 18.2 Å². The molecule has 0 radical (unpaired) electrons. The van der Waals surface area contributed by atoms with Crippen molar-refractivity contribution in [2.45, 2.75) is 12.8 Å². The van der Waals surface area contributed by atoms with Crippen molar-refractivity contribution in [3.63, 3.8) is 0 Å². The molecule has 0 bridgehead atoms. The molecule has 0 aliphatic carbocycles. The number of benzene rings is 1. The Labute approximate surface area is 152 Å². The summed E-state index contributed by atoms with van der Waals surface area (Å²) in [6, 6.07) is 5.85. The fraction of sp³-hybridized carbons (Fsp3) is 0.312. The maximum absolute atomic E-state index is 5.43. The quantitative estimate of drug-likeness (QED) is 0.853. The Bertz CT molecular complexity index is 651. The van der Waals surface area contributed by atoms with Crippen LogP contribution in [-0.2, 0) is 6.42 Å². The monoisotopic (exact) mass is 374 g/mol. The number of anilines is 1. The maximum Gasteiger partial charge on any atom is 0.167 e. The zero-order chi connectivity index (χ0) is 14.7. The number of thiazole rings is 1. The summed E-state index contributed by atoms with van der Waals surface area (Å²) < 4.78 is 10.7. The summed E-state index contributed by atoms with van der Waals surface area (Å²) in [5.74, 6) is 1.48. The largest absolute Gasteiger partial charge is 0.493 e. The summed E-state index contributed by atoms with van der Waals surface area (Å²) in [6.07, 6.45) is 6.27. The van der Waals surface area contributed by atoms with Crippen molar-refractivity contribution in [1.82, 2.24) is 4.98 Å². The Morgan fingerprint density at radius 3 is 2.70 bits per heavy atom. The summed E-state index contributed by atoms with van der Waals surface area (Å²) in [5.41, 5.74) is 2.17. The second-order valence-corrected chi connectivity index (χ2v) is 5.80. The van der Waals surface area contributed by atoms with Crippen LogP contribution in [0.5, 0.6) is 11.5 Å². The van der Waals surface area contributed by atoms with Gasteiger partial charge in [-0.05, 0) is 31.1 Å². The van der Waals surface area contributed by atoms with Gasteiger partial charge in [-0.25, -0.2) is 4.98 Å². The van der Waals surface area contributed by atoms with Crippen molar-refractivity contribution in [1.29, 1.82) is 0 Å². The first kappa shape index (κ1) is 19.6. The lowest BCUT2D eigenvalue weighted by molar-refractivity contribution is 0.354. The second kappa shape index (κ2) is 9.01. The van der Waals surface area contributed by atoms with Gasteiger partial charge in [0.25, 0.3) is 0 Å². The van der Waals surface area contributed by atoms with E-state index in [4.69, 9.17) is 9.47 Å². The molecule has 23 heavy (non-hydrogen) atoms. The van der Waals surface area contributed by atoms with Crippen LogP contribution in [0.4, 0.5) is 5.00 Å². The summed E-state index contributed by atoms with van der Waals surface area (Å²) in [6.45, 7) is 1.04. The highest BCUT2D eigenvalue weighted by Gasteiger charge is 2.13. The van der Waals surface area contributed by atoms with Gasteiger partial charge in [0.2, 0.25) is 0 Å². The molecular weight excluding hydrogens is 355 g/mol. The lowest BCUT2D eigenvalue weighted by atomic mass is 10.1. The van der Waals surface area contributed by atoms with Gasteiger partial charge in [-0.2, -0.15) is 0 Å². The highest BCUT2D eigenvalue weighted by molar-refractivity contribution is 7.16. The molecule has 0 fully saturated rings. The van der Waals surface area contributed by atoms with E-state index in [9.17, 15) is 0 Å². The van der Waals surface area contributed by atoms with Crippen LogP contribution >= 0.6 is 36.2 Å². The van der Waals surface area contributed by atoms with Crippen LogP contribution < -0.4 is 14.8 Å². The second-order valence-electron chi connectivity index (χ2n) is 4.77. The highest BCUT2D eigenvalue weighted by atomic mass is 35.5. The van der Waals surface area contributed by atoms with Gasteiger partial charge in [0.1, 0.15) is 10.0 Å². The highest BCUT2D eigenvalue weighted by Crippen LogP contribution is 2.33. The van der Waals surface area contributed by atoms with Crippen molar-refractivity contribution in [3.05, 3.63) is 34.5 Å². The van der Waals surface area contributed by atoms with Crippen LogP contribution in [0.25, 0.3) is 12.2 Å². The van der Waals surface area contributed by atoms with Gasteiger partial charge in [0, 0.05) is 12.1 Å². The molecule has 126 valence electrons. The number of fused-ring (bicyclic) bond motifs is 1. The number of nitrogens with one attached hydrogen (secondary N) is 1. The van der Waals surface area contributed by atoms with Crippen molar-refractivity contribution < 1.29 is 9.47 Å². The maximum atomic E-state index is 5.43. The number of rotatable bonds is 4. The molecule has 0 unspecified atom stereocenters. The average molecular weight is 375 g/mol. The first-order valence-corrected chi connectivity index (χ1v) is 7.76. The van der Waals surface area contributed by atoms with Gasteiger partial charge in [-0.1, -0.05) is 23.5 Å². The third kappa shape index (κ3) is 4.31. The van der Waals surface area contributed by atoms with Crippen LogP contribution in [0.3, 0.4) is 0 Å². The summed E-state index contributed by atoms with van der Waals surface area (Å²) in [7, 11) is 3.30. The minimum Gasteiger partial charge on any atom is -0.493 e. The lowest BCUT2D eigenvalue weighted by Gasteiger charge is -2.10. The topological polar surface area (TPSA) is 43.4 Å². The molecule has 0 saturated carbocycles. The number of hydrogen-bond acceptors (Lipinski definition) is 5. The smallest absolute Gasteiger partial charge is 0.167 e. The molecule has 1 N–H and O–H groups in total. The number of aromatic nitrogens is 1. The molecule has 4 nitrogen and oxygen atoms in total. The van der Waals surface area contributed by atoms with Gasteiger partial charge in [-0.3, -0.25) is 0 Å². The van der Waals surface area contributed by atoms with E-state index in [-0.39, 0.29) is 24.8 Å². The molecular formula is C16H20Cl2N2O2S. The molecule has 0 spiro atoms. The van der Waals surface area contributed by atoms with E-state index < -0.39 is 0 Å². The predicted octanol–water partition coefficient (Wildman–Crippen LogP) is 4.53. The molecule has 0 amide bonds. The van der Waals surface area contributed by atoms with Crippen LogP contribution in [0.1, 0.15) is 22.7 Å². The van der Waals surface area contributed by atoms with E-state index in [1.165, 1.54) is 10.7 Å². The van der Waals surface area contributed by atoms with Gasteiger partial charge in [0.05, 0.1) is 19.9 Å². The number of halogens is 2. The molecule has 3 rings (SSSR count). The molecule has 0 saturated heterocycles. The van der Waals surface area contributed by atoms with Crippen molar-refractivity contribution in [2.75, 3.05) is 26.1 Å². The Morgan fingerprint density at radius 1 is 1.17 bits per heavy atom. The number of methoxy groups -OCH3 is 2. The van der Waals surface area contributed by atoms with Crippen LogP contribution in [0.2, 0.25) is 0 Å². The van der Waals surface area contributed by atoms with Crippen LogP contribution in [-0.4, -0.2) is 25.7 Å². The Balaban J connectivity index is 0.00000132. The third-order valence-electron chi connectivity index (χ3n) is 3.43. The first-order valence-electron chi connectivity index (χ1n) is 6.94. The SMILES string of the molecule is COc1cccc(C=Cc2nc3c(s2)NCCC3)c1OC.Cl.Cl. The molecule has 1 aromatic carbocycles. The fourth-order valence-electron chi connectivity index (χ4n) is 2.41. The Morgan fingerprint density at radius 2 is 2.00 bits per heavy atom. The Hall–Kier alpha value is -1.43. The van der Waals surface area contributed by atoms with E-state index in [1.807, 2.05) is 30.4 Å². The average Bonchev–Trinajstić information content (AvgIpc) is 2.95. The summed E-state index contributed by atoms with van der Waals surface area (Å²) in [4.78, 5) is 4.66. The van der Waals surface area contributed by atoms with Crippen LogP contribution in [0, 0.1) is 0 Å². The van der Waals surface area contributed by atoms with E-state index in [0.29, 0.717) is 0 Å². The van der Waals surface area contributed by atoms with Crippen molar-refractivity contribution >= 4 is 53.3 Å². The molecule has 2 heterocycles. The molecule has 2 aromatic rings. The lowest BCUT2D eigenvalue weighted by Crippen LogP contribution is -2.09.